The van der Waals surface area contributed by atoms with Crippen LogP contribution in [0.4, 0.5) is 0 Å². The van der Waals surface area contributed by atoms with Crippen LogP contribution >= 0.6 is 15.9 Å². The summed E-state index contributed by atoms with van der Waals surface area (Å²) in [7, 11) is 3.01. The summed E-state index contributed by atoms with van der Waals surface area (Å²) in [5, 5.41) is 0. The van der Waals surface area contributed by atoms with Crippen LogP contribution in [0.3, 0.4) is 0 Å². The van der Waals surface area contributed by atoms with Gasteiger partial charge in [0.2, 0.25) is 5.90 Å². The Morgan fingerprint density at radius 1 is 1.18 bits per heavy atom. The van der Waals surface area contributed by atoms with Gasteiger partial charge in [-0.15, -0.1) is 0 Å². The first-order chi connectivity index (χ1) is 13.4. The van der Waals surface area contributed by atoms with E-state index < -0.39 is 11.9 Å². The van der Waals surface area contributed by atoms with E-state index in [0.29, 0.717) is 27.1 Å². The molecule has 7 nitrogen and oxygen atoms in total. The minimum Gasteiger partial charge on any atom is -0.497 e. The Bertz CT molecular complexity index is 1010. The molecule has 0 unspecified atom stereocenters. The number of hydrogen-bond donors (Lipinski definition) is 0. The van der Waals surface area contributed by atoms with Gasteiger partial charge in [-0.25, -0.2) is 9.79 Å². The number of rotatable bonds is 5. The number of aliphatic imine (C=N–C) groups is 1. The van der Waals surface area contributed by atoms with E-state index in [9.17, 15) is 9.59 Å². The summed E-state index contributed by atoms with van der Waals surface area (Å²) in [4.78, 5) is 27.8. The molecule has 0 saturated carbocycles. The first kappa shape index (κ1) is 19.6. The van der Waals surface area contributed by atoms with Gasteiger partial charge in [-0.3, -0.25) is 4.79 Å². The molecule has 0 saturated heterocycles. The van der Waals surface area contributed by atoms with Crippen LogP contribution in [0.2, 0.25) is 0 Å². The maximum Gasteiger partial charge on any atom is 0.363 e. The van der Waals surface area contributed by atoms with Crippen molar-refractivity contribution in [1.82, 2.24) is 0 Å². The number of carbonyl (C=O) groups excluding carboxylic acids is 2. The summed E-state index contributed by atoms with van der Waals surface area (Å²) in [5.74, 6) is 0.363. The molecule has 3 rings (SSSR count). The molecule has 1 heterocycles. The third kappa shape index (κ3) is 4.23. The average Bonchev–Trinajstić information content (AvgIpc) is 3.04. The number of hydrogen-bond acceptors (Lipinski definition) is 7. The molecule has 0 radical (unpaired) electrons. The number of esters is 2. The molecule has 0 N–H and O–H groups in total. The van der Waals surface area contributed by atoms with Gasteiger partial charge in [0.15, 0.2) is 17.2 Å². The number of benzene rings is 2. The fraction of sp³-hybridized carbons (Fsp3) is 0.150. The van der Waals surface area contributed by atoms with E-state index in [-0.39, 0.29) is 17.3 Å². The Morgan fingerprint density at radius 3 is 2.64 bits per heavy atom. The summed E-state index contributed by atoms with van der Waals surface area (Å²) in [6, 6.07) is 10.4. The average molecular weight is 446 g/mol. The first-order valence-electron chi connectivity index (χ1n) is 8.14. The van der Waals surface area contributed by atoms with Crippen LogP contribution in [-0.2, 0) is 14.3 Å². The van der Waals surface area contributed by atoms with Crippen molar-refractivity contribution in [2.24, 2.45) is 4.99 Å². The highest BCUT2D eigenvalue weighted by Gasteiger charge is 2.25. The zero-order chi connectivity index (χ0) is 20.3. The van der Waals surface area contributed by atoms with Gasteiger partial charge in [0.25, 0.3) is 0 Å². The van der Waals surface area contributed by atoms with E-state index in [0.717, 1.165) is 0 Å². The summed E-state index contributed by atoms with van der Waals surface area (Å²) in [6.45, 7) is 1.30. The first-order valence-corrected chi connectivity index (χ1v) is 8.93. The second-order valence-electron chi connectivity index (χ2n) is 5.70. The molecule has 1 aliphatic heterocycles. The van der Waals surface area contributed by atoms with E-state index >= 15 is 0 Å². The van der Waals surface area contributed by atoms with Crippen LogP contribution in [0.1, 0.15) is 18.1 Å². The van der Waals surface area contributed by atoms with E-state index in [4.69, 9.17) is 18.9 Å². The fourth-order valence-corrected chi connectivity index (χ4v) is 3.05. The SMILES string of the molecule is COc1cccc(C2=NC(=Cc3cc(Br)c(OC(C)=O)c(OC)c3)C(=O)O2)c1. The van der Waals surface area contributed by atoms with Gasteiger partial charge in [0, 0.05) is 12.5 Å². The van der Waals surface area contributed by atoms with Crippen molar-refractivity contribution in [3.63, 3.8) is 0 Å². The van der Waals surface area contributed by atoms with Gasteiger partial charge in [-0.05, 0) is 57.9 Å². The van der Waals surface area contributed by atoms with Crippen molar-refractivity contribution in [2.45, 2.75) is 6.92 Å². The molecular weight excluding hydrogens is 430 g/mol. The zero-order valence-electron chi connectivity index (χ0n) is 15.3. The Kier molecular flexibility index (Phi) is 5.79. The van der Waals surface area contributed by atoms with Crippen molar-refractivity contribution in [1.29, 1.82) is 0 Å². The molecule has 0 aromatic heterocycles. The zero-order valence-corrected chi connectivity index (χ0v) is 16.9. The number of ether oxygens (including phenoxy) is 4. The summed E-state index contributed by atoms with van der Waals surface area (Å²) in [5.41, 5.74) is 1.37. The van der Waals surface area contributed by atoms with Crippen LogP contribution < -0.4 is 14.2 Å². The van der Waals surface area contributed by atoms with Crippen molar-refractivity contribution < 1.29 is 28.5 Å². The monoisotopic (exact) mass is 445 g/mol. The van der Waals surface area contributed by atoms with E-state index in [2.05, 4.69) is 20.9 Å². The topological polar surface area (TPSA) is 83.4 Å². The van der Waals surface area contributed by atoms with Crippen LogP contribution in [0, 0.1) is 0 Å². The predicted octanol–water partition coefficient (Wildman–Crippen LogP) is 3.74. The molecule has 0 fully saturated rings. The highest BCUT2D eigenvalue weighted by molar-refractivity contribution is 9.10. The molecule has 0 spiro atoms. The second-order valence-corrected chi connectivity index (χ2v) is 6.55. The molecular formula is C20H16BrNO6. The normalized spacial score (nSPS) is 14.5. The number of nitrogens with zero attached hydrogens (tertiary/aromatic N) is 1. The Balaban J connectivity index is 1.96. The predicted molar refractivity (Wildman–Crippen MR) is 106 cm³/mol. The van der Waals surface area contributed by atoms with Crippen molar-refractivity contribution in [3.05, 3.63) is 57.7 Å². The molecule has 0 bridgehead atoms. The molecule has 0 aliphatic carbocycles. The molecule has 28 heavy (non-hydrogen) atoms. The van der Waals surface area contributed by atoms with Gasteiger partial charge < -0.3 is 18.9 Å². The number of methoxy groups -OCH3 is 2. The van der Waals surface area contributed by atoms with E-state index in [1.807, 2.05) is 0 Å². The molecule has 0 atom stereocenters. The Hall–Kier alpha value is -3.13. The third-order valence-electron chi connectivity index (χ3n) is 3.74. The maximum atomic E-state index is 12.2. The fourth-order valence-electron chi connectivity index (χ4n) is 2.51. The number of carbonyl (C=O) groups is 2. The summed E-state index contributed by atoms with van der Waals surface area (Å²) < 4.78 is 21.4. The maximum absolute atomic E-state index is 12.2. The molecule has 2 aromatic carbocycles. The van der Waals surface area contributed by atoms with Gasteiger partial charge in [0.1, 0.15) is 5.75 Å². The quantitative estimate of drug-likeness (QED) is 0.396. The molecule has 144 valence electrons. The van der Waals surface area contributed by atoms with Crippen LogP contribution in [-0.4, -0.2) is 32.1 Å². The Labute approximate surface area is 169 Å². The van der Waals surface area contributed by atoms with Gasteiger partial charge >= 0.3 is 11.9 Å². The largest absolute Gasteiger partial charge is 0.497 e. The highest BCUT2D eigenvalue weighted by Crippen LogP contribution is 2.37. The van der Waals surface area contributed by atoms with Crippen molar-refractivity contribution >= 4 is 39.8 Å². The molecule has 1 aliphatic rings. The second kappa shape index (κ2) is 8.26. The van der Waals surface area contributed by atoms with Gasteiger partial charge in [-0.1, -0.05) is 6.07 Å². The van der Waals surface area contributed by atoms with Crippen LogP contribution in [0.15, 0.2) is 51.6 Å². The van der Waals surface area contributed by atoms with Crippen molar-refractivity contribution in [2.75, 3.05) is 14.2 Å². The van der Waals surface area contributed by atoms with Gasteiger partial charge in [0.05, 0.1) is 18.7 Å². The minimum absolute atomic E-state index is 0.131. The molecule has 0 amide bonds. The number of halogens is 1. The smallest absolute Gasteiger partial charge is 0.363 e. The lowest BCUT2D eigenvalue weighted by Crippen LogP contribution is -2.05. The lowest BCUT2D eigenvalue weighted by molar-refractivity contribution is -0.132. The summed E-state index contributed by atoms with van der Waals surface area (Å²) in [6.07, 6.45) is 1.56. The third-order valence-corrected chi connectivity index (χ3v) is 4.33. The van der Waals surface area contributed by atoms with Gasteiger partial charge in [-0.2, -0.15) is 0 Å². The van der Waals surface area contributed by atoms with E-state index in [1.165, 1.54) is 14.0 Å². The van der Waals surface area contributed by atoms with E-state index in [1.54, 1.807) is 49.6 Å². The summed E-state index contributed by atoms with van der Waals surface area (Å²) >= 11 is 3.34. The molecule has 8 heteroatoms. The Morgan fingerprint density at radius 2 is 1.96 bits per heavy atom. The highest BCUT2D eigenvalue weighted by atomic mass is 79.9. The number of cyclic esters (lactones) is 1. The molecule has 2 aromatic rings. The lowest BCUT2D eigenvalue weighted by Gasteiger charge is -2.11. The van der Waals surface area contributed by atoms with Crippen LogP contribution in [0.25, 0.3) is 6.08 Å². The van der Waals surface area contributed by atoms with Crippen LogP contribution in [0.5, 0.6) is 17.2 Å². The standard InChI is InChI=1S/C20H16BrNO6/c1-11(23)27-18-15(21)7-12(9-17(18)26-3)8-16-20(24)28-19(22-16)13-5-4-6-14(10-13)25-2/h4-10H,1-3H3. The minimum atomic E-state index is -0.572. The van der Waals surface area contributed by atoms with Crippen molar-refractivity contribution in [3.8, 4) is 17.2 Å². The lowest BCUT2D eigenvalue weighted by atomic mass is 10.1.